The number of carbonyl (C=O) groups is 3. The first-order valence-corrected chi connectivity index (χ1v) is 9.51. The van der Waals surface area contributed by atoms with Gasteiger partial charge in [0, 0.05) is 13.0 Å². The fourth-order valence-electron chi connectivity index (χ4n) is 2.42. The first-order valence-electron chi connectivity index (χ1n) is 9.51. The van der Waals surface area contributed by atoms with E-state index in [0.29, 0.717) is 0 Å². The van der Waals surface area contributed by atoms with Crippen molar-refractivity contribution in [2.24, 2.45) is 11.5 Å². The average Bonchev–Trinajstić information content (AvgIpc) is 2.70. The lowest BCUT2D eigenvalue weighted by Gasteiger charge is -2.41. The molecule has 1 fully saturated rings. The molecule has 0 aromatic carbocycles. The van der Waals surface area contributed by atoms with Gasteiger partial charge in [-0.05, 0) is 20.3 Å². The van der Waals surface area contributed by atoms with Crippen LogP contribution in [0.4, 0.5) is 0 Å². The molecule has 1 unspecified atom stereocenters. The number of hydrogen-bond acceptors (Lipinski definition) is 11. The number of nitrogens with one attached hydrogen (secondary N) is 1. The largest absolute Gasteiger partial charge is 0.481 e. The van der Waals surface area contributed by atoms with Gasteiger partial charge in [0.15, 0.2) is 6.29 Å². The van der Waals surface area contributed by atoms with Gasteiger partial charge < -0.3 is 56.9 Å². The molecule has 182 valence electrons. The molecule has 1 saturated heterocycles. The summed E-state index contributed by atoms with van der Waals surface area (Å²) in [6, 6.07) is -2.77. The molecule has 14 heteroatoms. The molecule has 0 radical (unpaired) electrons. The molecule has 1 aliphatic rings. The number of rotatable bonds is 11. The Hall–Kier alpha value is -1.91. The molecular weight excluding hydrogens is 422 g/mol. The lowest BCUT2D eigenvalue weighted by molar-refractivity contribution is -0.262. The standard InChI is InChI=1S/C12H24N2O7.C5H9NO4/c1-5(3-14-6(2)11(17)18)20-10-8(13)12(19)21-7(4-15)9(10)16;6-3(5(9)10)1-2-4(7)8/h5-10,12,14-16,19H,3-4,13H2,1-2H3,(H,17,18);3H,1-2,6H2,(H,7,8)(H,9,10)/t5?,6-,7+,8+,9+,10+,12-;3-/m01/s1. The lowest BCUT2D eigenvalue weighted by Crippen LogP contribution is -2.63. The van der Waals surface area contributed by atoms with Gasteiger partial charge in [0.1, 0.15) is 30.4 Å². The number of aliphatic carboxylic acids is 3. The van der Waals surface area contributed by atoms with Gasteiger partial charge in [-0.3, -0.25) is 14.4 Å². The number of carboxylic acids is 3. The monoisotopic (exact) mass is 455 g/mol. The molecule has 1 rings (SSSR count). The zero-order valence-electron chi connectivity index (χ0n) is 17.3. The number of aliphatic hydroxyl groups excluding tert-OH is 3. The number of aliphatic hydroxyl groups is 3. The molecule has 31 heavy (non-hydrogen) atoms. The Morgan fingerprint density at radius 3 is 2.16 bits per heavy atom. The summed E-state index contributed by atoms with van der Waals surface area (Å²) < 4.78 is 10.5. The van der Waals surface area contributed by atoms with E-state index < -0.39 is 73.3 Å². The molecule has 14 nitrogen and oxygen atoms in total. The van der Waals surface area contributed by atoms with E-state index in [4.69, 9.17) is 41.4 Å². The molecule has 0 amide bonds. The fraction of sp³-hybridized carbons (Fsp3) is 0.824. The Bertz CT molecular complexity index is 580. The zero-order valence-corrected chi connectivity index (χ0v) is 17.3. The summed E-state index contributed by atoms with van der Waals surface area (Å²) in [5.41, 5.74) is 10.7. The topological polar surface area (TPSA) is 255 Å². The van der Waals surface area contributed by atoms with Crippen molar-refractivity contribution < 1.29 is 54.5 Å². The SMILES string of the molecule is CC(CN[C@@H](C)C(=O)O)O[C@@H]1[C@@H](N)[C@@H](O)O[C@H](CO)[C@H]1O.N[C@H](CCC(=O)O)C(=O)O. The van der Waals surface area contributed by atoms with Gasteiger partial charge in [-0.25, -0.2) is 0 Å². The van der Waals surface area contributed by atoms with Gasteiger partial charge in [-0.2, -0.15) is 0 Å². The first kappa shape index (κ1) is 29.1. The highest BCUT2D eigenvalue weighted by Gasteiger charge is 2.44. The maximum absolute atomic E-state index is 10.7. The second-order valence-electron chi connectivity index (χ2n) is 7.07. The molecule has 8 atom stereocenters. The van der Waals surface area contributed by atoms with E-state index >= 15 is 0 Å². The van der Waals surface area contributed by atoms with Crippen LogP contribution >= 0.6 is 0 Å². The van der Waals surface area contributed by atoms with Gasteiger partial charge in [0.25, 0.3) is 0 Å². The van der Waals surface area contributed by atoms with E-state index in [1.54, 1.807) is 6.92 Å². The van der Waals surface area contributed by atoms with Gasteiger partial charge in [0.2, 0.25) is 0 Å². The third-order valence-corrected chi connectivity index (χ3v) is 4.38. The summed E-state index contributed by atoms with van der Waals surface area (Å²) in [4.78, 5) is 30.6. The molecule has 1 aliphatic heterocycles. The predicted octanol–water partition coefficient (Wildman–Crippen LogP) is -3.52. The summed E-state index contributed by atoms with van der Waals surface area (Å²) >= 11 is 0. The number of nitrogens with two attached hydrogens (primary N) is 2. The molecule has 1 heterocycles. The minimum Gasteiger partial charge on any atom is -0.481 e. The van der Waals surface area contributed by atoms with Crippen molar-refractivity contribution >= 4 is 17.9 Å². The molecule has 0 spiro atoms. The van der Waals surface area contributed by atoms with Crippen molar-refractivity contribution in [3.05, 3.63) is 0 Å². The predicted molar refractivity (Wildman–Crippen MR) is 104 cm³/mol. The van der Waals surface area contributed by atoms with Crippen LogP contribution in [0.5, 0.6) is 0 Å². The van der Waals surface area contributed by atoms with E-state index in [1.807, 2.05) is 0 Å². The van der Waals surface area contributed by atoms with Crippen molar-refractivity contribution in [2.45, 2.75) is 75.5 Å². The van der Waals surface area contributed by atoms with Crippen LogP contribution in [0.3, 0.4) is 0 Å². The summed E-state index contributed by atoms with van der Waals surface area (Å²) in [6.45, 7) is 2.92. The Labute approximate surface area is 178 Å². The Balaban J connectivity index is 0.000000759. The highest BCUT2D eigenvalue weighted by atomic mass is 16.6. The third kappa shape index (κ3) is 10.8. The highest BCUT2D eigenvalue weighted by Crippen LogP contribution is 2.22. The first-order chi connectivity index (χ1) is 14.3. The van der Waals surface area contributed by atoms with E-state index in [9.17, 15) is 24.6 Å². The molecule has 0 aliphatic carbocycles. The summed E-state index contributed by atoms with van der Waals surface area (Å²) in [5.74, 6) is -3.18. The minimum absolute atomic E-state index is 0.0231. The van der Waals surface area contributed by atoms with Crippen LogP contribution in [0, 0.1) is 0 Å². The third-order valence-electron chi connectivity index (χ3n) is 4.38. The Morgan fingerprint density at radius 1 is 1.13 bits per heavy atom. The fourth-order valence-corrected chi connectivity index (χ4v) is 2.42. The van der Waals surface area contributed by atoms with Crippen molar-refractivity contribution in [1.29, 1.82) is 0 Å². The van der Waals surface area contributed by atoms with Crippen molar-refractivity contribution in [1.82, 2.24) is 5.32 Å². The van der Waals surface area contributed by atoms with Crippen LogP contribution in [-0.2, 0) is 23.9 Å². The molecule has 0 aromatic rings. The van der Waals surface area contributed by atoms with E-state index in [1.165, 1.54) is 6.92 Å². The average molecular weight is 455 g/mol. The number of ether oxygens (including phenoxy) is 2. The van der Waals surface area contributed by atoms with Crippen molar-refractivity contribution in [2.75, 3.05) is 13.2 Å². The highest BCUT2D eigenvalue weighted by molar-refractivity contribution is 5.74. The van der Waals surface area contributed by atoms with Gasteiger partial charge >= 0.3 is 17.9 Å². The molecule has 0 saturated carbocycles. The van der Waals surface area contributed by atoms with Crippen molar-refractivity contribution in [3.8, 4) is 0 Å². The summed E-state index contributed by atoms with van der Waals surface area (Å²) in [6.07, 6.45) is -5.13. The summed E-state index contributed by atoms with van der Waals surface area (Å²) in [5, 5.41) is 56.5. The summed E-state index contributed by atoms with van der Waals surface area (Å²) in [7, 11) is 0. The van der Waals surface area contributed by atoms with Crippen LogP contribution in [0.2, 0.25) is 0 Å². The van der Waals surface area contributed by atoms with Crippen LogP contribution in [-0.4, -0.2) is 111 Å². The maximum Gasteiger partial charge on any atom is 0.320 e. The maximum atomic E-state index is 10.7. The normalized spacial score (nSPS) is 28.5. The lowest BCUT2D eigenvalue weighted by atomic mass is 9.97. The minimum atomic E-state index is -1.35. The molecule has 0 aromatic heterocycles. The van der Waals surface area contributed by atoms with Crippen LogP contribution < -0.4 is 16.8 Å². The van der Waals surface area contributed by atoms with Crippen LogP contribution in [0.15, 0.2) is 0 Å². The van der Waals surface area contributed by atoms with E-state index in [0.717, 1.165) is 0 Å². The zero-order chi connectivity index (χ0) is 24.3. The molecule has 11 N–H and O–H groups in total. The van der Waals surface area contributed by atoms with E-state index in [2.05, 4.69) is 5.32 Å². The second kappa shape index (κ2) is 14.2. The van der Waals surface area contributed by atoms with Gasteiger partial charge in [-0.1, -0.05) is 0 Å². The van der Waals surface area contributed by atoms with E-state index in [-0.39, 0.29) is 19.4 Å². The molecular formula is C17H33N3O11. The van der Waals surface area contributed by atoms with Gasteiger partial charge in [0.05, 0.1) is 18.8 Å². The Kier molecular flexibility index (Phi) is 13.3. The smallest absolute Gasteiger partial charge is 0.320 e. The second-order valence-corrected chi connectivity index (χ2v) is 7.07. The van der Waals surface area contributed by atoms with Crippen LogP contribution in [0.25, 0.3) is 0 Å². The quantitative estimate of drug-likeness (QED) is 0.146. The molecule has 0 bridgehead atoms. The Morgan fingerprint density at radius 2 is 1.71 bits per heavy atom. The van der Waals surface area contributed by atoms with Gasteiger partial charge in [-0.15, -0.1) is 0 Å². The van der Waals surface area contributed by atoms with Crippen molar-refractivity contribution in [3.63, 3.8) is 0 Å². The number of carboxylic acid groups (broad SMARTS) is 3. The van der Waals surface area contributed by atoms with Crippen LogP contribution in [0.1, 0.15) is 26.7 Å². The number of hydrogen-bond donors (Lipinski definition) is 9.